The Balaban J connectivity index is 1.69. The highest BCUT2D eigenvalue weighted by atomic mass is 16.5. The highest BCUT2D eigenvalue weighted by molar-refractivity contribution is 5.87. The fourth-order valence-electron chi connectivity index (χ4n) is 3.58. The van der Waals surface area contributed by atoms with Crippen molar-refractivity contribution in [2.75, 3.05) is 26.3 Å². The van der Waals surface area contributed by atoms with Crippen LogP contribution in [0.5, 0.6) is 0 Å². The molecule has 0 unspecified atom stereocenters. The minimum absolute atomic E-state index is 0.0906. The van der Waals surface area contributed by atoms with Gasteiger partial charge in [-0.15, -0.1) is 0 Å². The Morgan fingerprint density at radius 2 is 1.96 bits per heavy atom. The molecule has 2 saturated heterocycles. The fraction of sp³-hybridized carbons (Fsp3) is 0.556. The molecular weight excluding hydrogens is 294 g/mol. The van der Waals surface area contributed by atoms with Crippen molar-refractivity contribution in [2.24, 2.45) is 5.92 Å². The molecule has 5 nitrogen and oxygen atoms in total. The smallest absolute Gasteiger partial charge is 0.335 e. The van der Waals surface area contributed by atoms with Crippen molar-refractivity contribution in [3.63, 3.8) is 0 Å². The van der Waals surface area contributed by atoms with Crippen LogP contribution in [0.3, 0.4) is 0 Å². The predicted octanol–water partition coefficient (Wildman–Crippen LogP) is 2.52. The normalized spacial score (nSPS) is 22.8. The van der Waals surface area contributed by atoms with E-state index in [1.54, 1.807) is 18.2 Å². The van der Waals surface area contributed by atoms with Crippen molar-refractivity contribution in [1.82, 2.24) is 4.90 Å². The maximum Gasteiger partial charge on any atom is 0.335 e. The Labute approximate surface area is 136 Å². The predicted molar refractivity (Wildman–Crippen MR) is 85.5 cm³/mol. The van der Waals surface area contributed by atoms with Gasteiger partial charge < -0.3 is 14.7 Å². The second-order valence-corrected chi connectivity index (χ2v) is 6.44. The zero-order valence-electron chi connectivity index (χ0n) is 13.2. The van der Waals surface area contributed by atoms with Crippen LogP contribution >= 0.6 is 0 Å². The zero-order valence-corrected chi connectivity index (χ0v) is 13.2. The SMILES string of the molecule is O=C(O)c1cccc([C@H]2CCCN(C(=O)C3CCOCC3)C2)c1. The largest absolute Gasteiger partial charge is 0.478 e. The van der Waals surface area contributed by atoms with Crippen molar-refractivity contribution in [3.8, 4) is 0 Å². The summed E-state index contributed by atoms with van der Waals surface area (Å²) < 4.78 is 5.34. The maximum atomic E-state index is 12.7. The van der Waals surface area contributed by atoms with E-state index in [1.165, 1.54) is 0 Å². The molecule has 1 aromatic carbocycles. The summed E-state index contributed by atoms with van der Waals surface area (Å²) in [6.07, 6.45) is 3.60. The Kier molecular flexibility index (Phi) is 4.96. The van der Waals surface area contributed by atoms with Gasteiger partial charge in [-0.25, -0.2) is 4.79 Å². The number of hydrogen-bond donors (Lipinski definition) is 1. The van der Waals surface area contributed by atoms with Gasteiger partial charge in [-0.2, -0.15) is 0 Å². The third kappa shape index (κ3) is 3.72. The average Bonchev–Trinajstić information content (AvgIpc) is 2.62. The second kappa shape index (κ2) is 7.13. The summed E-state index contributed by atoms with van der Waals surface area (Å²) in [4.78, 5) is 25.8. The molecule has 124 valence electrons. The zero-order chi connectivity index (χ0) is 16.2. The molecule has 2 fully saturated rings. The molecule has 0 saturated carbocycles. The quantitative estimate of drug-likeness (QED) is 0.930. The average molecular weight is 317 g/mol. The number of carbonyl (C=O) groups is 2. The molecule has 3 rings (SSSR count). The molecule has 2 aliphatic rings. The van der Waals surface area contributed by atoms with Crippen LogP contribution in [-0.4, -0.2) is 48.2 Å². The highest BCUT2D eigenvalue weighted by Crippen LogP contribution is 2.29. The Hall–Kier alpha value is -1.88. The summed E-state index contributed by atoms with van der Waals surface area (Å²) in [6.45, 7) is 2.85. The van der Waals surface area contributed by atoms with Crippen molar-refractivity contribution < 1.29 is 19.4 Å². The highest BCUT2D eigenvalue weighted by Gasteiger charge is 2.30. The topological polar surface area (TPSA) is 66.8 Å². The minimum Gasteiger partial charge on any atom is -0.478 e. The van der Waals surface area contributed by atoms with Gasteiger partial charge in [0.25, 0.3) is 0 Å². The molecule has 1 atom stereocenters. The van der Waals surface area contributed by atoms with E-state index < -0.39 is 5.97 Å². The maximum absolute atomic E-state index is 12.7. The number of rotatable bonds is 3. The van der Waals surface area contributed by atoms with Crippen molar-refractivity contribution in [1.29, 1.82) is 0 Å². The standard InChI is InChI=1S/C18H23NO4/c20-17(13-6-9-23-10-7-13)19-8-2-5-16(12-19)14-3-1-4-15(11-14)18(21)22/h1,3-4,11,13,16H,2,5-10,12H2,(H,21,22)/t16-/m0/s1. The number of benzene rings is 1. The van der Waals surface area contributed by atoms with Crippen molar-refractivity contribution >= 4 is 11.9 Å². The number of ether oxygens (including phenoxy) is 1. The summed E-state index contributed by atoms with van der Waals surface area (Å²) in [7, 11) is 0. The van der Waals surface area contributed by atoms with E-state index in [-0.39, 0.29) is 17.7 Å². The number of carboxylic acids is 1. The van der Waals surface area contributed by atoms with Crippen LogP contribution < -0.4 is 0 Å². The molecule has 0 aromatic heterocycles. The fourth-order valence-corrected chi connectivity index (χ4v) is 3.58. The summed E-state index contributed by atoms with van der Waals surface area (Å²) >= 11 is 0. The molecule has 1 aromatic rings. The molecule has 1 amide bonds. The number of hydrogen-bond acceptors (Lipinski definition) is 3. The first kappa shape index (κ1) is 16.0. The van der Waals surface area contributed by atoms with Gasteiger partial charge in [0.15, 0.2) is 0 Å². The van der Waals surface area contributed by atoms with Crippen LogP contribution in [0, 0.1) is 5.92 Å². The van der Waals surface area contributed by atoms with E-state index in [4.69, 9.17) is 9.84 Å². The van der Waals surface area contributed by atoms with Gasteiger partial charge in [-0.05, 0) is 43.4 Å². The lowest BCUT2D eigenvalue weighted by Gasteiger charge is -2.36. The number of nitrogens with zero attached hydrogens (tertiary/aromatic N) is 1. The first-order valence-electron chi connectivity index (χ1n) is 8.35. The summed E-state index contributed by atoms with van der Waals surface area (Å²) in [5.74, 6) is -0.343. The molecule has 0 bridgehead atoms. The number of likely N-dealkylation sites (tertiary alicyclic amines) is 1. The lowest BCUT2D eigenvalue weighted by atomic mass is 9.88. The molecule has 1 N–H and O–H groups in total. The monoisotopic (exact) mass is 317 g/mol. The lowest BCUT2D eigenvalue weighted by molar-refractivity contribution is -0.139. The summed E-state index contributed by atoms with van der Waals surface area (Å²) in [5, 5.41) is 9.14. The molecule has 23 heavy (non-hydrogen) atoms. The second-order valence-electron chi connectivity index (χ2n) is 6.44. The van der Waals surface area contributed by atoms with Crippen LogP contribution in [0.1, 0.15) is 47.5 Å². The number of carbonyl (C=O) groups excluding carboxylic acids is 1. The third-order valence-electron chi connectivity index (χ3n) is 4.91. The first-order chi connectivity index (χ1) is 11.1. The van der Waals surface area contributed by atoms with Crippen LogP contribution in [0.4, 0.5) is 0 Å². The van der Waals surface area contributed by atoms with Gasteiger partial charge in [-0.1, -0.05) is 12.1 Å². The van der Waals surface area contributed by atoms with E-state index in [0.717, 1.165) is 37.8 Å². The van der Waals surface area contributed by atoms with Crippen molar-refractivity contribution in [3.05, 3.63) is 35.4 Å². The third-order valence-corrected chi connectivity index (χ3v) is 4.91. The van der Waals surface area contributed by atoms with Crippen LogP contribution in [-0.2, 0) is 9.53 Å². The number of aromatic carboxylic acids is 1. The number of carboxylic acid groups (broad SMARTS) is 1. The van der Waals surface area contributed by atoms with E-state index in [9.17, 15) is 9.59 Å². The first-order valence-corrected chi connectivity index (χ1v) is 8.35. The number of piperidine rings is 1. The molecule has 0 aliphatic carbocycles. The van der Waals surface area contributed by atoms with Gasteiger partial charge in [0.1, 0.15) is 0 Å². The summed E-state index contributed by atoms with van der Waals surface area (Å²) in [5.41, 5.74) is 1.34. The lowest BCUT2D eigenvalue weighted by Crippen LogP contribution is -2.43. The Morgan fingerprint density at radius 3 is 2.70 bits per heavy atom. The Morgan fingerprint density at radius 1 is 1.17 bits per heavy atom. The molecule has 5 heteroatoms. The van der Waals surface area contributed by atoms with Gasteiger partial charge in [0.05, 0.1) is 5.56 Å². The van der Waals surface area contributed by atoms with E-state index in [2.05, 4.69) is 0 Å². The van der Waals surface area contributed by atoms with Gasteiger partial charge in [0, 0.05) is 38.1 Å². The Bertz CT molecular complexity index is 580. The van der Waals surface area contributed by atoms with E-state index in [1.807, 2.05) is 11.0 Å². The van der Waals surface area contributed by atoms with Crippen LogP contribution in [0.2, 0.25) is 0 Å². The van der Waals surface area contributed by atoms with Gasteiger partial charge in [-0.3, -0.25) is 4.79 Å². The molecular formula is C18H23NO4. The van der Waals surface area contributed by atoms with Gasteiger partial charge in [0.2, 0.25) is 5.91 Å². The van der Waals surface area contributed by atoms with E-state index >= 15 is 0 Å². The number of amides is 1. The van der Waals surface area contributed by atoms with Crippen LogP contribution in [0.15, 0.2) is 24.3 Å². The van der Waals surface area contributed by atoms with E-state index in [0.29, 0.717) is 25.3 Å². The molecule has 2 heterocycles. The molecule has 0 radical (unpaired) electrons. The minimum atomic E-state index is -0.905. The van der Waals surface area contributed by atoms with Gasteiger partial charge >= 0.3 is 5.97 Å². The molecule has 2 aliphatic heterocycles. The summed E-state index contributed by atoms with van der Waals surface area (Å²) in [6, 6.07) is 7.12. The molecule has 0 spiro atoms. The van der Waals surface area contributed by atoms with Crippen LogP contribution in [0.25, 0.3) is 0 Å². The van der Waals surface area contributed by atoms with Crippen molar-refractivity contribution in [2.45, 2.75) is 31.6 Å².